The topological polar surface area (TPSA) is 45.2 Å². The second kappa shape index (κ2) is 5.12. The fourth-order valence-electron chi connectivity index (χ4n) is 3.06. The van der Waals surface area contributed by atoms with Gasteiger partial charge in [0.15, 0.2) is 0 Å². The van der Waals surface area contributed by atoms with Crippen molar-refractivity contribution >= 4 is 27.7 Å². The number of carbonyl (C=O) groups excluding carboxylic acids is 1. The molecule has 1 aromatic rings. The molecule has 19 heavy (non-hydrogen) atoms. The number of anilines is 1. The summed E-state index contributed by atoms with van der Waals surface area (Å²) in [6.07, 6.45) is 4.58. The molecule has 3 rings (SSSR count). The Morgan fingerprint density at radius 1 is 1.47 bits per heavy atom. The first-order chi connectivity index (χ1) is 9.13. The zero-order valence-electron chi connectivity index (χ0n) is 11.0. The van der Waals surface area contributed by atoms with Crippen LogP contribution in [0, 0.1) is 12.8 Å². The molecule has 5 heteroatoms. The fraction of sp³-hybridized carbons (Fsp3) is 0.571. The van der Waals surface area contributed by atoms with Crippen molar-refractivity contribution in [1.29, 1.82) is 0 Å². The Morgan fingerprint density at radius 2 is 2.32 bits per heavy atom. The summed E-state index contributed by atoms with van der Waals surface area (Å²) in [7, 11) is 0. The molecule has 2 aliphatic heterocycles. The van der Waals surface area contributed by atoms with Gasteiger partial charge in [-0.25, -0.2) is 4.98 Å². The minimum atomic E-state index is 0.212. The number of hydrogen-bond donors (Lipinski definition) is 1. The molecule has 4 nitrogen and oxygen atoms in total. The Morgan fingerprint density at radius 3 is 3.11 bits per heavy atom. The van der Waals surface area contributed by atoms with Gasteiger partial charge in [0.1, 0.15) is 5.82 Å². The highest BCUT2D eigenvalue weighted by Crippen LogP contribution is 2.31. The van der Waals surface area contributed by atoms with Gasteiger partial charge in [0, 0.05) is 31.7 Å². The fourth-order valence-corrected chi connectivity index (χ4v) is 3.78. The summed E-state index contributed by atoms with van der Waals surface area (Å²) in [6.45, 7) is 3.99. The molecule has 2 atom stereocenters. The summed E-state index contributed by atoms with van der Waals surface area (Å²) < 4.78 is 1.06. The molecule has 102 valence electrons. The maximum absolute atomic E-state index is 11.4. The predicted molar refractivity (Wildman–Crippen MR) is 78.2 cm³/mol. The quantitative estimate of drug-likeness (QED) is 0.862. The van der Waals surface area contributed by atoms with Crippen LogP contribution in [0.15, 0.2) is 16.7 Å². The Bertz CT molecular complexity index is 505. The average molecular weight is 324 g/mol. The van der Waals surface area contributed by atoms with Crippen molar-refractivity contribution in [1.82, 2.24) is 10.3 Å². The van der Waals surface area contributed by atoms with Crippen LogP contribution in [-0.4, -0.2) is 30.0 Å². The average Bonchev–Trinajstić information content (AvgIpc) is 2.38. The number of aromatic nitrogens is 1. The summed E-state index contributed by atoms with van der Waals surface area (Å²) in [6, 6.07) is 2.47. The van der Waals surface area contributed by atoms with Crippen LogP contribution in [0.2, 0.25) is 0 Å². The highest BCUT2D eigenvalue weighted by Gasteiger charge is 2.34. The molecule has 1 N–H and O–H groups in total. The van der Waals surface area contributed by atoms with Gasteiger partial charge in [-0.3, -0.25) is 4.79 Å². The molecule has 1 aromatic heterocycles. The van der Waals surface area contributed by atoms with Gasteiger partial charge in [0.25, 0.3) is 0 Å². The number of rotatable bonds is 1. The van der Waals surface area contributed by atoms with Crippen molar-refractivity contribution in [2.75, 3.05) is 18.0 Å². The molecule has 0 spiro atoms. The number of nitrogens with one attached hydrogen (secondary N) is 1. The summed E-state index contributed by atoms with van der Waals surface area (Å²) in [5, 5.41) is 3.12. The van der Waals surface area contributed by atoms with Crippen LogP contribution in [-0.2, 0) is 4.79 Å². The van der Waals surface area contributed by atoms with Crippen molar-refractivity contribution in [3.8, 4) is 0 Å². The minimum absolute atomic E-state index is 0.212. The van der Waals surface area contributed by atoms with E-state index in [1.165, 1.54) is 0 Å². The third-order valence-electron chi connectivity index (χ3n) is 4.08. The van der Waals surface area contributed by atoms with Gasteiger partial charge in [-0.05, 0) is 53.2 Å². The molecule has 2 unspecified atom stereocenters. The van der Waals surface area contributed by atoms with E-state index in [-0.39, 0.29) is 5.91 Å². The highest BCUT2D eigenvalue weighted by molar-refractivity contribution is 9.10. The maximum atomic E-state index is 11.4. The number of pyridine rings is 1. The Kier molecular flexibility index (Phi) is 3.48. The number of carbonyl (C=O) groups is 1. The number of nitrogens with zero attached hydrogens (tertiary/aromatic N) is 2. The van der Waals surface area contributed by atoms with Crippen molar-refractivity contribution in [3.05, 3.63) is 22.3 Å². The van der Waals surface area contributed by atoms with Crippen LogP contribution in [0.25, 0.3) is 0 Å². The molecule has 1 amide bonds. The minimum Gasteiger partial charge on any atom is -0.355 e. The molecule has 2 saturated heterocycles. The van der Waals surface area contributed by atoms with Crippen LogP contribution in [0.3, 0.4) is 0 Å². The summed E-state index contributed by atoms with van der Waals surface area (Å²) >= 11 is 3.61. The van der Waals surface area contributed by atoms with E-state index in [2.05, 4.69) is 37.2 Å². The molecule has 0 radical (unpaired) electrons. The first-order valence-electron chi connectivity index (χ1n) is 6.80. The van der Waals surface area contributed by atoms with Gasteiger partial charge < -0.3 is 10.2 Å². The SMILES string of the molecule is Cc1cnc(N2CCC3NC(=O)CCC3C2)c(Br)c1. The van der Waals surface area contributed by atoms with E-state index in [1.807, 2.05) is 13.1 Å². The smallest absolute Gasteiger partial charge is 0.220 e. The van der Waals surface area contributed by atoms with Crippen molar-refractivity contribution < 1.29 is 4.79 Å². The van der Waals surface area contributed by atoms with Crippen LogP contribution in [0.5, 0.6) is 0 Å². The second-order valence-corrected chi connectivity index (χ2v) is 6.38. The molecule has 2 aliphatic rings. The Hall–Kier alpha value is -1.10. The number of aryl methyl sites for hydroxylation is 1. The number of hydrogen-bond acceptors (Lipinski definition) is 3. The monoisotopic (exact) mass is 323 g/mol. The van der Waals surface area contributed by atoms with E-state index in [9.17, 15) is 4.79 Å². The van der Waals surface area contributed by atoms with Gasteiger partial charge >= 0.3 is 0 Å². The van der Waals surface area contributed by atoms with Crippen molar-refractivity contribution in [2.24, 2.45) is 5.92 Å². The lowest BCUT2D eigenvalue weighted by molar-refractivity contribution is -0.124. The summed E-state index contributed by atoms with van der Waals surface area (Å²) in [5.74, 6) is 1.80. The third kappa shape index (κ3) is 2.61. The molecular formula is C14H18BrN3O. The lowest BCUT2D eigenvalue weighted by Gasteiger charge is -2.42. The van der Waals surface area contributed by atoms with Gasteiger partial charge in [0.2, 0.25) is 5.91 Å². The normalized spacial score (nSPS) is 26.8. The number of fused-ring (bicyclic) bond motifs is 1. The molecule has 3 heterocycles. The van der Waals surface area contributed by atoms with E-state index >= 15 is 0 Å². The Labute approximate surface area is 121 Å². The van der Waals surface area contributed by atoms with Crippen LogP contribution < -0.4 is 10.2 Å². The third-order valence-corrected chi connectivity index (χ3v) is 4.66. The largest absolute Gasteiger partial charge is 0.355 e. The van der Waals surface area contributed by atoms with Gasteiger partial charge in [-0.1, -0.05) is 0 Å². The first-order valence-corrected chi connectivity index (χ1v) is 7.59. The molecule has 0 bridgehead atoms. The van der Waals surface area contributed by atoms with Gasteiger partial charge in [-0.15, -0.1) is 0 Å². The molecule has 0 aromatic carbocycles. The molecule has 0 saturated carbocycles. The number of piperidine rings is 2. The molecular weight excluding hydrogens is 306 g/mol. The zero-order chi connectivity index (χ0) is 13.4. The summed E-state index contributed by atoms with van der Waals surface area (Å²) in [4.78, 5) is 18.3. The Balaban J connectivity index is 1.76. The van der Waals surface area contributed by atoms with Crippen LogP contribution in [0.4, 0.5) is 5.82 Å². The lowest BCUT2D eigenvalue weighted by Crippen LogP contribution is -2.54. The number of amides is 1. The second-order valence-electron chi connectivity index (χ2n) is 5.53. The highest BCUT2D eigenvalue weighted by atomic mass is 79.9. The predicted octanol–water partition coefficient (Wildman–Crippen LogP) is 2.26. The molecule has 2 fully saturated rings. The standard InChI is InChI=1S/C14H18BrN3O/c1-9-6-11(15)14(16-7-9)18-5-4-12-10(8-18)2-3-13(19)17-12/h6-7,10,12H,2-5,8H2,1H3,(H,17,19). The van der Waals surface area contributed by atoms with Gasteiger partial charge in [0.05, 0.1) is 4.47 Å². The van der Waals surface area contributed by atoms with Crippen LogP contribution in [0.1, 0.15) is 24.8 Å². The van der Waals surface area contributed by atoms with E-state index in [4.69, 9.17) is 0 Å². The van der Waals surface area contributed by atoms with Crippen LogP contribution >= 0.6 is 15.9 Å². The van der Waals surface area contributed by atoms with E-state index in [0.717, 1.165) is 41.8 Å². The lowest BCUT2D eigenvalue weighted by atomic mass is 9.85. The summed E-state index contributed by atoms with van der Waals surface area (Å²) in [5.41, 5.74) is 1.16. The van der Waals surface area contributed by atoms with Crippen molar-refractivity contribution in [3.63, 3.8) is 0 Å². The van der Waals surface area contributed by atoms with Crippen molar-refractivity contribution in [2.45, 2.75) is 32.2 Å². The number of halogens is 1. The first kappa shape index (κ1) is 12.9. The van der Waals surface area contributed by atoms with E-state index in [1.54, 1.807) is 0 Å². The van der Waals surface area contributed by atoms with E-state index < -0.39 is 0 Å². The van der Waals surface area contributed by atoms with Gasteiger partial charge in [-0.2, -0.15) is 0 Å². The maximum Gasteiger partial charge on any atom is 0.220 e. The molecule has 0 aliphatic carbocycles. The zero-order valence-corrected chi connectivity index (χ0v) is 12.6. The van der Waals surface area contributed by atoms with E-state index in [0.29, 0.717) is 18.4 Å².